The average molecular weight is 290 g/mol. The number of unbranched alkanes of at least 4 members (excludes halogenated alkanes) is 1. The van der Waals surface area contributed by atoms with Gasteiger partial charge in [0.25, 0.3) is 0 Å². The van der Waals surface area contributed by atoms with E-state index >= 15 is 0 Å². The van der Waals surface area contributed by atoms with Crippen LogP contribution in [0, 0.1) is 5.41 Å². The van der Waals surface area contributed by atoms with Crippen molar-refractivity contribution >= 4 is 0 Å². The van der Waals surface area contributed by atoms with Crippen LogP contribution in [-0.4, -0.2) is 6.04 Å². The predicted octanol–water partition coefficient (Wildman–Crippen LogP) is 6.11. The third kappa shape index (κ3) is 7.66. The van der Waals surface area contributed by atoms with Crippen molar-refractivity contribution in [2.75, 3.05) is 0 Å². The first-order valence-electron chi connectivity index (χ1n) is 8.77. The summed E-state index contributed by atoms with van der Waals surface area (Å²) < 4.78 is 0. The maximum atomic E-state index is 3.96. The van der Waals surface area contributed by atoms with E-state index < -0.39 is 0 Å². The van der Waals surface area contributed by atoms with Crippen molar-refractivity contribution < 1.29 is 0 Å². The van der Waals surface area contributed by atoms with Gasteiger partial charge in [-0.1, -0.05) is 84.2 Å². The largest absolute Gasteiger partial charge is 0.307 e. The van der Waals surface area contributed by atoms with Crippen LogP contribution in [0.5, 0.6) is 0 Å². The first kappa shape index (κ1) is 18.2. The van der Waals surface area contributed by atoms with Crippen LogP contribution in [0.15, 0.2) is 30.3 Å². The van der Waals surface area contributed by atoms with E-state index in [1.54, 1.807) is 0 Å². The SMILES string of the molecule is CCCCC(CCC)NC(CC(C)(C)C)c1ccccc1. The lowest BCUT2D eigenvalue weighted by Crippen LogP contribution is -2.35. The molecule has 2 atom stereocenters. The molecule has 21 heavy (non-hydrogen) atoms. The van der Waals surface area contributed by atoms with Gasteiger partial charge in [0.1, 0.15) is 0 Å². The Balaban J connectivity index is 2.79. The summed E-state index contributed by atoms with van der Waals surface area (Å²) in [7, 11) is 0. The molecule has 0 fully saturated rings. The molecule has 1 N–H and O–H groups in total. The van der Waals surface area contributed by atoms with E-state index in [2.05, 4.69) is 70.3 Å². The van der Waals surface area contributed by atoms with Gasteiger partial charge in [-0.2, -0.15) is 0 Å². The molecule has 0 saturated carbocycles. The quantitative estimate of drug-likeness (QED) is 0.578. The second kappa shape index (κ2) is 9.25. The zero-order valence-electron chi connectivity index (χ0n) is 14.8. The molecule has 120 valence electrons. The Morgan fingerprint density at radius 2 is 1.62 bits per heavy atom. The normalized spacial score (nSPS) is 14.9. The molecule has 0 aromatic heterocycles. The van der Waals surface area contributed by atoms with Gasteiger partial charge in [-0.25, -0.2) is 0 Å². The fourth-order valence-electron chi connectivity index (χ4n) is 2.97. The lowest BCUT2D eigenvalue weighted by molar-refractivity contribution is 0.280. The average Bonchev–Trinajstić information content (AvgIpc) is 2.44. The Bertz CT molecular complexity index is 363. The Morgan fingerprint density at radius 1 is 0.952 bits per heavy atom. The highest BCUT2D eigenvalue weighted by molar-refractivity contribution is 5.19. The van der Waals surface area contributed by atoms with Gasteiger partial charge in [-0.3, -0.25) is 0 Å². The lowest BCUT2D eigenvalue weighted by atomic mass is 9.85. The van der Waals surface area contributed by atoms with Gasteiger partial charge in [0, 0.05) is 12.1 Å². The van der Waals surface area contributed by atoms with Crippen molar-refractivity contribution in [2.45, 2.75) is 85.2 Å². The molecular formula is C20H35N. The van der Waals surface area contributed by atoms with Gasteiger partial charge < -0.3 is 5.32 Å². The summed E-state index contributed by atoms with van der Waals surface area (Å²) in [5.74, 6) is 0. The van der Waals surface area contributed by atoms with E-state index in [9.17, 15) is 0 Å². The Labute approximate surface area is 132 Å². The number of hydrogen-bond donors (Lipinski definition) is 1. The zero-order chi connectivity index (χ0) is 15.7. The zero-order valence-corrected chi connectivity index (χ0v) is 14.8. The third-order valence-corrected chi connectivity index (χ3v) is 4.00. The van der Waals surface area contributed by atoms with Gasteiger partial charge in [0.2, 0.25) is 0 Å². The number of rotatable bonds is 9. The van der Waals surface area contributed by atoms with Crippen LogP contribution >= 0.6 is 0 Å². The maximum absolute atomic E-state index is 3.96. The van der Waals surface area contributed by atoms with Crippen molar-refractivity contribution in [3.63, 3.8) is 0 Å². The summed E-state index contributed by atoms with van der Waals surface area (Å²) in [4.78, 5) is 0. The minimum atomic E-state index is 0.342. The summed E-state index contributed by atoms with van der Waals surface area (Å²) in [6, 6.07) is 12.1. The fraction of sp³-hybridized carbons (Fsp3) is 0.700. The monoisotopic (exact) mass is 289 g/mol. The molecule has 1 aromatic rings. The van der Waals surface area contributed by atoms with E-state index in [1.165, 1.54) is 44.1 Å². The van der Waals surface area contributed by atoms with Crippen LogP contribution in [0.2, 0.25) is 0 Å². The molecule has 1 aromatic carbocycles. The molecule has 0 amide bonds. The van der Waals surface area contributed by atoms with E-state index in [-0.39, 0.29) is 0 Å². The molecule has 0 heterocycles. The standard InChI is InChI=1S/C20H35N/c1-6-8-15-18(12-7-2)21-19(16-20(3,4)5)17-13-10-9-11-14-17/h9-11,13-14,18-19,21H,6-8,12,15-16H2,1-5H3. The van der Waals surface area contributed by atoms with E-state index in [4.69, 9.17) is 0 Å². The molecular weight excluding hydrogens is 254 g/mol. The molecule has 0 saturated heterocycles. The van der Waals surface area contributed by atoms with Crippen LogP contribution in [0.25, 0.3) is 0 Å². The highest BCUT2D eigenvalue weighted by Gasteiger charge is 2.22. The topological polar surface area (TPSA) is 12.0 Å². The Hall–Kier alpha value is -0.820. The number of benzene rings is 1. The summed E-state index contributed by atoms with van der Waals surface area (Å²) in [6.45, 7) is 11.6. The van der Waals surface area contributed by atoms with Crippen LogP contribution in [0.4, 0.5) is 0 Å². The molecule has 0 aliphatic heterocycles. The number of hydrogen-bond acceptors (Lipinski definition) is 1. The van der Waals surface area contributed by atoms with Crippen molar-refractivity contribution in [3.05, 3.63) is 35.9 Å². The number of nitrogens with one attached hydrogen (secondary N) is 1. The predicted molar refractivity (Wildman–Crippen MR) is 94.6 cm³/mol. The van der Waals surface area contributed by atoms with Crippen molar-refractivity contribution in [1.29, 1.82) is 0 Å². The van der Waals surface area contributed by atoms with Gasteiger partial charge in [0.05, 0.1) is 0 Å². The van der Waals surface area contributed by atoms with Gasteiger partial charge in [-0.05, 0) is 30.2 Å². The molecule has 0 radical (unpaired) electrons. The Kier molecular flexibility index (Phi) is 8.03. The van der Waals surface area contributed by atoms with Crippen molar-refractivity contribution in [2.24, 2.45) is 5.41 Å². The van der Waals surface area contributed by atoms with Crippen LogP contribution in [0.1, 0.15) is 84.7 Å². The van der Waals surface area contributed by atoms with E-state index in [0.29, 0.717) is 17.5 Å². The molecule has 0 aliphatic rings. The molecule has 0 bridgehead atoms. The second-order valence-corrected chi connectivity index (χ2v) is 7.52. The highest BCUT2D eigenvalue weighted by Crippen LogP contribution is 2.30. The summed E-state index contributed by atoms with van der Waals surface area (Å²) >= 11 is 0. The molecule has 1 heteroatoms. The molecule has 2 unspecified atom stereocenters. The fourth-order valence-corrected chi connectivity index (χ4v) is 2.97. The minimum Gasteiger partial charge on any atom is -0.307 e. The second-order valence-electron chi connectivity index (χ2n) is 7.52. The lowest BCUT2D eigenvalue weighted by Gasteiger charge is -2.31. The van der Waals surface area contributed by atoms with Crippen LogP contribution in [0.3, 0.4) is 0 Å². The summed E-state index contributed by atoms with van der Waals surface area (Å²) in [6.07, 6.45) is 7.65. The molecule has 0 aliphatic carbocycles. The highest BCUT2D eigenvalue weighted by atomic mass is 15.0. The van der Waals surface area contributed by atoms with Crippen LogP contribution < -0.4 is 5.32 Å². The van der Waals surface area contributed by atoms with Gasteiger partial charge in [0.15, 0.2) is 0 Å². The van der Waals surface area contributed by atoms with Crippen LogP contribution in [-0.2, 0) is 0 Å². The van der Waals surface area contributed by atoms with Gasteiger partial charge in [-0.15, -0.1) is 0 Å². The first-order valence-corrected chi connectivity index (χ1v) is 8.77. The van der Waals surface area contributed by atoms with E-state index in [0.717, 1.165) is 0 Å². The molecule has 0 spiro atoms. The third-order valence-electron chi connectivity index (χ3n) is 4.00. The maximum Gasteiger partial charge on any atom is 0.0327 e. The molecule has 1 nitrogen and oxygen atoms in total. The Morgan fingerprint density at radius 3 is 2.14 bits per heavy atom. The smallest absolute Gasteiger partial charge is 0.0327 e. The minimum absolute atomic E-state index is 0.342. The van der Waals surface area contributed by atoms with E-state index in [1.807, 2.05) is 0 Å². The van der Waals surface area contributed by atoms with Crippen molar-refractivity contribution in [1.82, 2.24) is 5.32 Å². The summed E-state index contributed by atoms with van der Waals surface area (Å²) in [5.41, 5.74) is 1.78. The van der Waals surface area contributed by atoms with Gasteiger partial charge >= 0.3 is 0 Å². The summed E-state index contributed by atoms with van der Waals surface area (Å²) in [5, 5.41) is 3.96. The molecule has 1 rings (SSSR count). The first-order chi connectivity index (χ1) is 9.96. The van der Waals surface area contributed by atoms with Crippen molar-refractivity contribution in [3.8, 4) is 0 Å².